The summed E-state index contributed by atoms with van der Waals surface area (Å²) in [5, 5.41) is 14.8. The van der Waals surface area contributed by atoms with Crippen molar-refractivity contribution in [3.05, 3.63) is 101 Å². The number of amides is 1. The quantitative estimate of drug-likeness (QED) is 0.361. The standard InChI is InChI=1S/C28H23N3O6/c1-16-29-27(37-30-16)18-8-12-19(13-9-18)31-24(21-6-4-5-7-22(21)36-3)23(26(33)28(31)34)25(32)17-10-14-20(35-2)15-11-17/h4-15,24,33H,1-3H3. The smallest absolute Gasteiger partial charge is 0.294 e. The number of methoxy groups -OCH3 is 2. The van der Waals surface area contributed by atoms with Crippen LogP contribution >= 0.6 is 0 Å². The van der Waals surface area contributed by atoms with Crippen LogP contribution in [-0.2, 0) is 4.79 Å². The number of aromatic nitrogens is 2. The van der Waals surface area contributed by atoms with E-state index in [-0.39, 0.29) is 5.57 Å². The molecule has 1 N–H and O–H groups in total. The van der Waals surface area contributed by atoms with Crippen molar-refractivity contribution < 1.29 is 28.7 Å². The molecule has 186 valence electrons. The third-order valence-electron chi connectivity index (χ3n) is 6.16. The van der Waals surface area contributed by atoms with E-state index in [0.717, 1.165) is 0 Å². The molecule has 1 unspecified atom stereocenters. The van der Waals surface area contributed by atoms with Crippen LogP contribution in [0.1, 0.15) is 27.8 Å². The van der Waals surface area contributed by atoms with Crippen LogP contribution in [0.3, 0.4) is 0 Å². The van der Waals surface area contributed by atoms with Gasteiger partial charge in [0.15, 0.2) is 17.4 Å². The molecule has 9 nitrogen and oxygen atoms in total. The van der Waals surface area contributed by atoms with Crippen molar-refractivity contribution in [1.29, 1.82) is 0 Å². The number of ether oxygens (including phenoxy) is 2. The third kappa shape index (κ3) is 4.20. The number of aliphatic hydroxyl groups is 1. The summed E-state index contributed by atoms with van der Waals surface area (Å²) in [4.78, 5) is 32.8. The van der Waals surface area contributed by atoms with Crippen LogP contribution < -0.4 is 14.4 Å². The van der Waals surface area contributed by atoms with Gasteiger partial charge in [-0.1, -0.05) is 23.4 Å². The van der Waals surface area contributed by atoms with E-state index in [9.17, 15) is 14.7 Å². The van der Waals surface area contributed by atoms with Crippen molar-refractivity contribution in [2.24, 2.45) is 0 Å². The molecule has 0 saturated carbocycles. The minimum Gasteiger partial charge on any atom is -0.503 e. The van der Waals surface area contributed by atoms with Crippen LogP contribution in [0.2, 0.25) is 0 Å². The number of carbonyl (C=O) groups excluding carboxylic acids is 2. The number of hydrogen-bond acceptors (Lipinski definition) is 8. The summed E-state index contributed by atoms with van der Waals surface area (Å²) in [6.45, 7) is 1.72. The molecular weight excluding hydrogens is 474 g/mol. The summed E-state index contributed by atoms with van der Waals surface area (Å²) in [5.74, 6) is 0.0947. The lowest BCUT2D eigenvalue weighted by atomic mass is 9.92. The molecular formula is C28H23N3O6. The van der Waals surface area contributed by atoms with Gasteiger partial charge in [0.2, 0.25) is 0 Å². The summed E-state index contributed by atoms with van der Waals surface area (Å²) >= 11 is 0. The Hall–Kier alpha value is -4.92. The van der Waals surface area contributed by atoms with E-state index in [2.05, 4.69) is 10.1 Å². The van der Waals surface area contributed by atoms with Gasteiger partial charge in [0, 0.05) is 22.4 Å². The number of aryl methyl sites for hydroxylation is 1. The minimum atomic E-state index is -0.935. The first-order valence-electron chi connectivity index (χ1n) is 11.4. The molecule has 0 saturated heterocycles. The second kappa shape index (κ2) is 9.62. The van der Waals surface area contributed by atoms with Gasteiger partial charge < -0.3 is 19.1 Å². The predicted octanol–water partition coefficient (Wildman–Crippen LogP) is 4.85. The molecule has 1 aliphatic heterocycles. The van der Waals surface area contributed by atoms with Crippen LogP contribution in [0.5, 0.6) is 11.5 Å². The molecule has 1 aromatic heterocycles. The molecule has 1 aliphatic rings. The number of hydrogen-bond donors (Lipinski definition) is 1. The molecule has 1 atom stereocenters. The summed E-state index contributed by atoms with van der Waals surface area (Å²) in [6.07, 6.45) is 0. The van der Waals surface area contributed by atoms with Gasteiger partial charge in [0.25, 0.3) is 11.8 Å². The third-order valence-corrected chi connectivity index (χ3v) is 6.16. The van der Waals surface area contributed by atoms with E-state index in [1.54, 1.807) is 79.7 Å². The molecule has 0 spiro atoms. The number of carbonyl (C=O) groups is 2. The van der Waals surface area contributed by atoms with E-state index in [0.29, 0.717) is 45.6 Å². The molecule has 5 rings (SSSR count). The van der Waals surface area contributed by atoms with Crippen molar-refractivity contribution in [1.82, 2.24) is 10.1 Å². The summed E-state index contributed by atoms with van der Waals surface area (Å²) in [6, 6.07) is 19.5. The fourth-order valence-electron chi connectivity index (χ4n) is 4.37. The monoisotopic (exact) mass is 497 g/mol. The normalized spacial score (nSPS) is 15.3. The Kier molecular flexibility index (Phi) is 6.19. The van der Waals surface area contributed by atoms with Crippen molar-refractivity contribution in [2.45, 2.75) is 13.0 Å². The van der Waals surface area contributed by atoms with Crippen molar-refractivity contribution in [2.75, 3.05) is 19.1 Å². The first kappa shape index (κ1) is 23.8. The maximum atomic E-state index is 13.7. The first-order valence-corrected chi connectivity index (χ1v) is 11.4. The van der Waals surface area contributed by atoms with E-state index in [4.69, 9.17) is 14.0 Å². The summed E-state index contributed by atoms with van der Waals surface area (Å²) < 4.78 is 16.0. The average Bonchev–Trinajstić information content (AvgIpc) is 3.49. The largest absolute Gasteiger partial charge is 0.503 e. The molecule has 37 heavy (non-hydrogen) atoms. The molecule has 3 aromatic carbocycles. The molecule has 0 radical (unpaired) electrons. The zero-order valence-electron chi connectivity index (χ0n) is 20.3. The second-order valence-electron chi connectivity index (χ2n) is 8.33. The van der Waals surface area contributed by atoms with Gasteiger partial charge >= 0.3 is 0 Å². The highest BCUT2D eigenvalue weighted by molar-refractivity contribution is 6.21. The predicted molar refractivity (Wildman–Crippen MR) is 135 cm³/mol. The maximum absolute atomic E-state index is 13.7. The maximum Gasteiger partial charge on any atom is 0.294 e. The van der Waals surface area contributed by atoms with Gasteiger partial charge in [-0.15, -0.1) is 0 Å². The lowest BCUT2D eigenvalue weighted by Crippen LogP contribution is -2.31. The molecule has 0 bridgehead atoms. The topological polar surface area (TPSA) is 115 Å². The molecule has 4 aromatic rings. The minimum absolute atomic E-state index is 0.0451. The van der Waals surface area contributed by atoms with Crippen molar-refractivity contribution >= 4 is 17.4 Å². The van der Waals surface area contributed by atoms with E-state index < -0.39 is 23.5 Å². The number of benzene rings is 3. The summed E-state index contributed by atoms with van der Waals surface area (Å²) in [7, 11) is 3.04. The fraction of sp³-hybridized carbons (Fsp3) is 0.143. The van der Waals surface area contributed by atoms with Gasteiger partial charge in [-0.3, -0.25) is 14.5 Å². The van der Waals surface area contributed by atoms with E-state index >= 15 is 0 Å². The molecule has 1 amide bonds. The van der Waals surface area contributed by atoms with Crippen molar-refractivity contribution in [3.8, 4) is 23.0 Å². The molecule has 0 fully saturated rings. The first-order chi connectivity index (χ1) is 17.9. The lowest BCUT2D eigenvalue weighted by molar-refractivity contribution is -0.117. The second-order valence-corrected chi connectivity index (χ2v) is 8.33. The Balaban J connectivity index is 1.61. The Morgan fingerprint density at radius 3 is 2.30 bits per heavy atom. The molecule has 2 heterocycles. The SMILES string of the molecule is COc1ccc(C(=O)C2=C(O)C(=O)N(c3ccc(-c4nc(C)no4)cc3)C2c2ccccc2OC)cc1. The zero-order chi connectivity index (χ0) is 26.1. The molecule has 0 aliphatic carbocycles. The van der Waals surface area contributed by atoms with Gasteiger partial charge in [-0.25, -0.2) is 0 Å². The van der Waals surface area contributed by atoms with Gasteiger partial charge in [0.1, 0.15) is 11.5 Å². The van der Waals surface area contributed by atoms with Gasteiger partial charge in [-0.2, -0.15) is 4.98 Å². The number of Topliss-reactive ketones (excluding diaryl/α,β-unsaturated/α-hetero) is 1. The highest BCUT2D eigenvalue weighted by Gasteiger charge is 2.45. The van der Waals surface area contributed by atoms with Crippen LogP contribution in [0, 0.1) is 6.92 Å². The Bertz CT molecular complexity index is 1510. The highest BCUT2D eigenvalue weighted by atomic mass is 16.5. The lowest BCUT2D eigenvalue weighted by Gasteiger charge is -2.28. The Morgan fingerprint density at radius 2 is 1.68 bits per heavy atom. The van der Waals surface area contributed by atoms with Crippen molar-refractivity contribution in [3.63, 3.8) is 0 Å². The average molecular weight is 498 g/mol. The van der Waals surface area contributed by atoms with E-state index in [1.165, 1.54) is 19.1 Å². The fourth-order valence-corrected chi connectivity index (χ4v) is 4.37. The van der Waals surface area contributed by atoms with Crippen LogP contribution in [0.4, 0.5) is 5.69 Å². The Labute approximate surface area is 212 Å². The number of para-hydroxylation sites is 1. The van der Waals surface area contributed by atoms with Crippen LogP contribution in [0.15, 0.2) is 88.7 Å². The van der Waals surface area contributed by atoms with E-state index in [1.807, 2.05) is 0 Å². The Morgan fingerprint density at radius 1 is 0.973 bits per heavy atom. The van der Waals surface area contributed by atoms with Gasteiger partial charge in [-0.05, 0) is 61.5 Å². The number of anilines is 1. The zero-order valence-corrected chi connectivity index (χ0v) is 20.3. The number of ketones is 1. The van der Waals surface area contributed by atoms with Crippen LogP contribution in [-0.4, -0.2) is 41.2 Å². The van der Waals surface area contributed by atoms with Gasteiger partial charge in [0.05, 0.1) is 25.8 Å². The van der Waals surface area contributed by atoms with Crippen LogP contribution in [0.25, 0.3) is 11.5 Å². The summed E-state index contributed by atoms with van der Waals surface area (Å²) in [5.41, 5.74) is 1.94. The number of aliphatic hydroxyl groups excluding tert-OH is 1. The number of nitrogens with zero attached hydrogens (tertiary/aromatic N) is 3. The number of rotatable bonds is 7. The highest BCUT2D eigenvalue weighted by Crippen LogP contribution is 2.45. The molecule has 9 heteroatoms.